The minimum absolute atomic E-state index is 0.138. The lowest BCUT2D eigenvalue weighted by Gasteiger charge is -2.27. The Labute approximate surface area is 125 Å². The van der Waals surface area contributed by atoms with Crippen molar-refractivity contribution in [1.82, 2.24) is 0 Å². The molecule has 1 N–H and O–H groups in total. The minimum atomic E-state index is -1.11. The molecule has 1 saturated carbocycles. The molecule has 2 rings (SSSR count). The van der Waals surface area contributed by atoms with Gasteiger partial charge in [0.15, 0.2) is 0 Å². The van der Waals surface area contributed by atoms with E-state index in [2.05, 4.69) is 0 Å². The number of benzene rings is 1. The molecule has 112 valence electrons. The Morgan fingerprint density at radius 2 is 1.80 bits per heavy atom. The SMILES string of the molecule is Cc1ccc(S(=O)[C@@H](CC2CCCCC2)[C@H](C)O)cc1. The molecule has 0 heterocycles. The molecule has 0 amide bonds. The van der Waals surface area contributed by atoms with Crippen LogP contribution in [0.2, 0.25) is 0 Å². The zero-order valence-electron chi connectivity index (χ0n) is 12.5. The van der Waals surface area contributed by atoms with Crippen molar-refractivity contribution >= 4 is 10.8 Å². The topological polar surface area (TPSA) is 37.3 Å². The largest absolute Gasteiger partial charge is 0.392 e. The molecule has 3 atom stereocenters. The molecule has 0 spiro atoms. The van der Waals surface area contributed by atoms with Crippen molar-refractivity contribution < 1.29 is 9.32 Å². The summed E-state index contributed by atoms with van der Waals surface area (Å²) in [5, 5.41) is 9.90. The highest BCUT2D eigenvalue weighted by Gasteiger charge is 2.27. The van der Waals surface area contributed by atoms with Gasteiger partial charge >= 0.3 is 0 Å². The van der Waals surface area contributed by atoms with Crippen molar-refractivity contribution in [3.05, 3.63) is 29.8 Å². The van der Waals surface area contributed by atoms with Crippen molar-refractivity contribution in [2.45, 2.75) is 68.6 Å². The molecular formula is C17H26O2S. The second-order valence-corrected chi connectivity index (χ2v) is 7.80. The van der Waals surface area contributed by atoms with Gasteiger partial charge in [-0.2, -0.15) is 0 Å². The van der Waals surface area contributed by atoms with Crippen molar-refractivity contribution in [3.8, 4) is 0 Å². The highest BCUT2D eigenvalue weighted by Crippen LogP contribution is 2.30. The summed E-state index contributed by atoms with van der Waals surface area (Å²) in [5.74, 6) is 0.637. The van der Waals surface area contributed by atoms with Gasteiger partial charge in [0, 0.05) is 4.90 Å². The average molecular weight is 294 g/mol. The standard InChI is InChI=1S/C17H26O2S/c1-13-8-10-16(11-9-13)20(19)17(14(2)18)12-15-6-4-3-5-7-15/h8-11,14-15,17-18H,3-7,12H2,1-2H3/t14-,17-,20?/m0/s1. The van der Waals surface area contributed by atoms with E-state index in [4.69, 9.17) is 0 Å². The monoisotopic (exact) mass is 294 g/mol. The number of hydrogen-bond acceptors (Lipinski definition) is 2. The van der Waals surface area contributed by atoms with Crippen LogP contribution >= 0.6 is 0 Å². The minimum Gasteiger partial charge on any atom is -0.392 e. The van der Waals surface area contributed by atoms with Crippen LogP contribution in [0.25, 0.3) is 0 Å². The first kappa shape index (κ1) is 15.7. The van der Waals surface area contributed by atoms with Crippen LogP contribution in [-0.4, -0.2) is 20.7 Å². The van der Waals surface area contributed by atoms with E-state index in [1.807, 2.05) is 31.2 Å². The molecule has 0 aliphatic heterocycles. The molecule has 1 fully saturated rings. The fourth-order valence-corrected chi connectivity index (χ4v) is 4.62. The zero-order valence-corrected chi connectivity index (χ0v) is 13.4. The summed E-state index contributed by atoms with van der Waals surface area (Å²) >= 11 is 0. The Morgan fingerprint density at radius 1 is 1.20 bits per heavy atom. The maximum absolute atomic E-state index is 12.7. The third kappa shape index (κ3) is 4.16. The van der Waals surface area contributed by atoms with Gasteiger partial charge in [-0.1, -0.05) is 49.8 Å². The van der Waals surface area contributed by atoms with Crippen molar-refractivity contribution in [1.29, 1.82) is 0 Å². The Balaban J connectivity index is 2.07. The second-order valence-electron chi connectivity index (χ2n) is 6.13. The molecule has 1 unspecified atom stereocenters. The molecular weight excluding hydrogens is 268 g/mol. The van der Waals surface area contributed by atoms with Crippen LogP contribution in [0.3, 0.4) is 0 Å². The van der Waals surface area contributed by atoms with Crippen LogP contribution in [0.4, 0.5) is 0 Å². The lowest BCUT2D eigenvalue weighted by Crippen LogP contribution is -2.31. The number of rotatable bonds is 5. The smallest absolute Gasteiger partial charge is 0.0659 e. The van der Waals surface area contributed by atoms with Gasteiger partial charge in [-0.05, 0) is 38.3 Å². The summed E-state index contributed by atoms with van der Waals surface area (Å²) < 4.78 is 12.7. The van der Waals surface area contributed by atoms with Gasteiger partial charge in [0.2, 0.25) is 0 Å². The molecule has 0 bridgehead atoms. The Hall–Kier alpha value is -0.670. The number of aliphatic hydroxyl groups excluding tert-OH is 1. The Kier molecular flexibility index (Phi) is 5.79. The highest BCUT2D eigenvalue weighted by molar-refractivity contribution is 7.85. The molecule has 1 aromatic carbocycles. The van der Waals surface area contributed by atoms with E-state index in [-0.39, 0.29) is 5.25 Å². The van der Waals surface area contributed by atoms with Crippen molar-refractivity contribution in [2.75, 3.05) is 0 Å². The van der Waals surface area contributed by atoms with Crippen molar-refractivity contribution in [3.63, 3.8) is 0 Å². The third-order valence-corrected chi connectivity index (χ3v) is 6.23. The van der Waals surface area contributed by atoms with Crippen LogP contribution in [0.15, 0.2) is 29.2 Å². The predicted molar refractivity (Wildman–Crippen MR) is 84.2 cm³/mol. The van der Waals surface area contributed by atoms with Gasteiger partial charge < -0.3 is 5.11 Å². The van der Waals surface area contributed by atoms with E-state index in [1.165, 1.54) is 37.7 Å². The second kappa shape index (κ2) is 7.37. The number of aliphatic hydroxyl groups is 1. The predicted octanol–water partition coefficient (Wildman–Crippen LogP) is 3.82. The van der Waals surface area contributed by atoms with Gasteiger partial charge in [0.1, 0.15) is 0 Å². The average Bonchev–Trinajstić information content (AvgIpc) is 2.45. The molecule has 0 saturated heterocycles. The van der Waals surface area contributed by atoms with Gasteiger partial charge in [-0.3, -0.25) is 4.21 Å². The zero-order chi connectivity index (χ0) is 14.5. The summed E-state index contributed by atoms with van der Waals surface area (Å²) in [6.07, 6.45) is 6.74. The fourth-order valence-electron chi connectivity index (χ4n) is 3.06. The van der Waals surface area contributed by atoms with Gasteiger partial charge in [-0.25, -0.2) is 0 Å². The molecule has 1 aromatic rings. The molecule has 1 aliphatic rings. The van der Waals surface area contributed by atoms with Crippen LogP contribution in [-0.2, 0) is 10.8 Å². The van der Waals surface area contributed by atoms with E-state index in [9.17, 15) is 9.32 Å². The van der Waals surface area contributed by atoms with Crippen LogP contribution < -0.4 is 0 Å². The van der Waals surface area contributed by atoms with E-state index >= 15 is 0 Å². The summed E-state index contributed by atoms with van der Waals surface area (Å²) in [6, 6.07) is 7.85. The molecule has 0 radical (unpaired) electrons. The van der Waals surface area contributed by atoms with E-state index in [0.717, 1.165) is 11.3 Å². The third-order valence-electron chi connectivity index (χ3n) is 4.36. The van der Waals surface area contributed by atoms with E-state index in [1.54, 1.807) is 6.92 Å². The lowest BCUT2D eigenvalue weighted by molar-refractivity contribution is 0.172. The normalized spacial score (nSPS) is 21.4. The summed E-state index contributed by atoms with van der Waals surface area (Å²) in [4.78, 5) is 0.845. The Bertz CT molecular complexity index is 433. The summed E-state index contributed by atoms with van der Waals surface area (Å²) in [6.45, 7) is 3.81. The molecule has 20 heavy (non-hydrogen) atoms. The number of aryl methyl sites for hydroxylation is 1. The van der Waals surface area contributed by atoms with Crippen LogP contribution in [0, 0.1) is 12.8 Å². The summed E-state index contributed by atoms with van der Waals surface area (Å²) in [5.41, 5.74) is 1.17. The van der Waals surface area contributed by atoms with E-state index in [0.29, 0.717) is 5.92 Å². The molecule has 3 heteroatoms. The van der Waals surface area contributed by atoms with Crippen molar-refractivity contribution in [2.24, 2.45) is 5.92 Å². The fraction of sp³-hybridized carbons (Fsp3) is 0.647. The summed E-state index contributed by atoms with van der Waals surface area (Å²) in [7, 11) is -1.11. The van der Waals surface area contributed by atoms with Crippen LogP contribution in [0.5, 0.6) is 0 Å². The first-order valence-electron chi connectivity index (χ1n) is 7.73. The van der Waals surface area contributed by atoms with Gasteiger partial charge in [0.25, 0.3) is 0 Å². The van der Waals surface area contributed by atoms with Gasteiger partial charge in [-0.15, -0.1) is 0 Å². The Morgan fingerprint density at radius 3 is 2.35 bits per heavy atom. The van der Waals surface area contributed by atoms with E-state index < -0.39 is 16.9 Å². The molecule has 1 aliphatic carbocycles. The molecule has 0 aromatic heterocycles. The molecule has 2 nitrogen and oxygen atoms in total. The lowest BCUT2D eigenvalue weighted by atomic mass is 9.85. The maximum Gasteiger partial charge on any atom is 0.0659 e. The quantitative estimate of drug-likeness (QED) is 0.896. The van der Waals surface area contributed by atoms with Gasteiger partial charge in [0.05, 0.1) is 22.2 Å². The first-order valence-corrected chi connectivity index (χ1v) is 8.94. The van der Waals surface area contributed by atoms with Crippen LogP contribution in [0.1, 0.15) is 51.0 Å². The highest BCUT2D eigenvalue weighted by atomic mass is 32.2. The maximum atomic E-state index is 12.7. The number of hydrogen-bond donors (Lipinski definition) is 1. The first-order chi connectivity index (χ1) is 9.58.